The highest BCUT2D eigenvalue weighted by Gasteiger charge is 2.61. The van der Waals surface area contributed by atoms with Crippen molar-refractivity contribution in [2.45, 2.75) is 30.7 Å². The fraction of sp³-hybridized carbons (Fsp3) is 1.00. The maximum Gasteiger partial charge on any atom is 0.187 e. The van der Waals surface area contributed by atoms with Gasteiger partial charge in [0.15, 0.2) is 6.29 Å². The minimum absolute atomic E-state index is 0.00810. The van der Waals surface area contributed by atoms with Crippen molar-refractivity contribution in [3.05, 3.63) is 0 Å². The Kier molecular flexibility index (Phi) is 0.840. The van der Waals surface area contributed by atoms with Crippen molar-refractivity contribution in [1.29, 1.82) is 0 Å². The molecule has 1 N–H and O–H groups in total. The highest BCUT2D eigenvalue weighted by Crippen LogP contribution is 2.41. The lowest BCUT2D eigenvalue weighted by Gasteiger charge is -2.18. The molecule has 0 aliphatic carbocycles. The van der Waals surface area contributed by atoms with E-state index in [1.165, 1.54) is 0 Å². The third kappa shape index (κ3) is 0.509. The molecule has 0 aromatic rings. The summed E-state index contributed by atoms with van der Waals surface area (Å²) < 4.78 is 15.6. The molecule has 56 valence electrons. The van der Waals surface area contributed by atoms with Gasteiger partial charge in [0.25, 0.3) is 0 Å². The van der Waals surface area contributed by atoms with Crippen molar-refractivity contribution >= 4 is 0 Å². The summed E-state index contributed by atoms with van der Waals surface area (Å²) in [6.07, 6.45) is -0.809. The highest BCUT2D eigenvalue weighted by atomic mass is 16.8. The van der Waals surface area contributed by atoms with Gasteiger partial charge < -0.3 is 19.3 Å². The minimum atomic E-state index is -0.469. The van der Waals surface area contributed by atoms with E-state index < -0.39 is 6.10 Å². The summed E-state index contributed by atoms with van der Waals surface area (Å²) >= 11 is 0. The molecule has 0 aromatic carbocycles. The second-order valence-corrected chi connectivity index (χ2v) is 2.93. The fourth-order valence-corrected chi connectivity index (χ4v) is 1.63. The molecule has 3 aliphatic rings. The van der Waals surface area contributed by atoms with Gasteiger partial charge in [-0.15, -0.1) is 0 Å². The van der Waals surface area contributed by atoms with Crippen LogP contribution in [0, 0.1) is 0 Å². The maximum absolute atomic E-state index is 9.38. The van der Waals surface area contributed by atoms with E-state index in [0.717, 1.165) is 0 Å². The Bertz CT molecular complexity index is 169. The molecule has 0 aromatic heterocycles. The number of hydrogen-bond acceptors (Lipinski definition) is 4. The number of ether oxygens (including phenoxy) is 3. The molecule has 3 saturated heterocycles. The first-order chi connectivity index (χ1) is 4.86. The molecule has 3 aliphatic heterocycles. The summed E-state index contributed by atoms with van der Waals surface area (Å²) in [7, 11) is 0. The standard InChI is InChI=1S/C6H8O4/c7-3-2-1-8-6(9-2)5-4(3)10-5/h2-7H,1H2/t2?,3-,4+,5?,6?/m1/s1. The Balaban J connectivity index is 1.91. The number of aliphatic hydroxyl groups excluding tert-OH is 1. The number of aliphatic hydroxyl groups is 1. The van der Waals surface area contributed by atoms with Crippen LogP contribution in [0.5, 0.6) is 0 Å². The summed E-state index contributed by atoms with van der Waals surface area (Å²) in [5.74, 6) is 0. The zero-order chi connectivity index (χ0) is 6.72. The molecule has 2 bridgehead atoms. The van der Waals surface area contributed by atoms with Gasteiger partial charge in [0.2, 0.25) is 0 Å². The first-order valence-corrected chi connectivity index (χ1v) is 3.47. The number of rotatable bonds is 0. The Morgan fingerprint density at radius 3 is 3.00 bits per heavy atom. The zero-order valence-electron chi connectivity index (χ0n) is 5.27. The molecule has 0 radical (unpaired) electrons. The second kappa shape index (κ2) is 1.53. The average molecular weight is 144 g/mol. The molecule has 3 fully saturated rings. The molecule has 4 nitrogen and oxygen atoms in total. The van der Waals surface area contributed by atoms with Gasteiger partial charge in [-0.3, -0.25) is 0 Å². The van der Waals surface area contributed by atoms with Crippen LogP contribution < -0.4 is 0 Å². The van der Waals surface area contributed by atoms with E-state index in [4.69, 9.17) is 14.2 Å². The highest BCUT2D eigenvalue weighted by molar-refractivity contribution is 5.03. The molecule has 10 heavy (non-hydrogen) atoms. The Morgan fingerprint density at radius 2 is 2.10 bits per heavy atom. The quantitative estimate of drug-likeness (QED) is 0.437. The molecule has 0 saturated carbocycles. The summed E-state index contributed by atoms with van der Waals surface area (Å²) in [4.78, 5) is 0. The van der Waals surface area contributed by atoms with Crippen LogP contribution in [0.4, 0.5) is 0 Å². The maximum atomic E-state index is 9.38. The summed E-state index contributed by atoms with van der Waals surface area (Å²) in [5.41, 5.74) is 0. The summed E-state index contributed by atoms with van der Waals surface area (Å²) in [6, 6.07) is 0. The van der Waals surface area contributed by atoms with Gasteiger partial charge in [0, 0.05) is 0 Å². The van der Waals surface area contributed by atoms with Gasteiger partial charge in [-0.05, 0) is 0 Å². The van der Waals surface area contributed by atoms with Crippen molar-refractivity contribution in [1.82, 2.24) is 0 Å². The van der Waals surface area contributed by atoms with Crippen LogP contribution in [-0.2, 0) is 14.2 Å². The van der Waals surface area contributed by atoms with E-state index in [2.05, 4.69) is 0 Å². The lowest BCUT2D eigenvalue weighted by Crippen LogP contribution is -2.39. The Hall–Kier alpha value is -0.160. The summed E-state index contributed by atoms with van der Waals surface area (Å²) in [5, 5.41) is 9.38. The van der Waals surface area contributed by atoms with Crippen LogP contribution in [0.2, 0.25) is 0 Å². The van der Waals surface area contributed by atoms with Crippen LogP contribution in [0.1, 0.15) is 0 Å². The van der Waals surface area contributed by atoms with Crippen molar-refractivity contribution in [2.24, 2.45) is 0 Å². The molecule has 3 unspecified atom stereocenters. The van der Waals surface area contributed by atoms with Gasteiger partial charge in [-0.2, -0.15) is 0 Å². The smallest absolute Gasteiger partial charge is 0.187 e. The SMILES string of the molecule is O[C@@H]1C2COC(O2)C2O[C@H]21. The summed E-state index contributed by atoms with van der Waals surface area (Å²) in [6.45, 7) is 0.516. The second-order valence-electron chi connectivity index (χ2n) is 2.93. The Morgan fingerprint density at radius 1 is 1.20 bits per heavy atom. The van der Waals surface area contributed by atoms with Crippen molar-refractivity contribution in [3.8, 4) is 0 Å². The van der Waals surface area contributed by atoms with Crippen molar-refractivity contribution < 1.29 is 19.3 Å². The van der Waals surface area contributed by atoms with E-state index >= 15 is 0 Å². The van der Waals surface area contributed by atoms with Crippen molar-refractivity contribution in [2.75, 3.05) is 6.61 Å². The van der Waals surface area contributed by atoms with Crippen LogP contribution in [0.25, 0.3) is 0 Å². The monoisotopic (exact) mass is 144 g/mol. The van der Waals surface area contributed by atoms with Crippen molar-refractivity contribution in [3.63, 3.8) is 0 Å². The molecule has 4 heteroatoms. The third-order valence-corrected chi connectivity index (χ3v) is 2.28. The van der Waals surface area contributed by atoms with Crippen LogP contribution in [0.15, 0.2) is 0 Å². The molecular weight excluding hydrogens is 136 g/mol. The van der Waals surface area contributed by atoms with E-state index in [1.807, 2.05) is 0 Å². The van der Waals surface area contributed by atoms with Gasteiger partial charge >= 0.3 is 0 Å². The lowest BCUT2D eigenvalue weighted by molar-refractivity contribution is -0.103. The number of hydrogen-bond donors (Lipinski definition) is 1. The zero-order valence-corrected chi connectivity index (χ0v) is 5.27. The predicted molar refractivity (Wildman–Crippen MR) is 29.3 cm³/mol. The van der Waals surface area contributed by atoms with E-state index in [1.54, 1.807) is 0 Å². The molecule has 0 spiro atoms. The van der Waals surface area contributed by atoms with Crippen LogP contribution in [-0.4, -0.2) is 42.4 Å². The first-order valence-electron chi connectivity index (χ1n) is 3.47. The van der Waals surface area contributed by atoms with E-state index in [-0.39, 0.29) is 24.6 Å². The fourth-order valence-electron chi connectivity index (χ4n) is 1.63. The molecule has 5 atom stereocenters. The third-order valence-electron chi connectivity index (χ3n) is 2.28. The van der Waals surface area contributed by atoms with E-state index in [0.29, 0.717) is 6.61 Å². The molecule has 3 rings (SSSR count). The number of fused-ring (bicyclic) bond motifs is 4. The molecule has 0 amide bonds. The van der Waals surface area contributed by atoms with Gasteiger partial charge in [0.1, 0.15) is 24.4 Å². The normalized spacial score (nSPS) is 63.9. The Labute approximate surface area is 57.7 Å². The first kappa shape index (κ1) is 5.49. The van der Waals surface area contributed by atoms with Gasteiger partial charge in [-0.1, -0.05) is 0 Å². The van der Waals surface area contributed by atoms with Gasteiger partial charge in [-0.25, -0.2) is 0 Å². The van der Waals surface area contributed by atoms with E-state index in [9.17, 15) is 5.11 Å². The average Bonchev–Trinajstić information content (AvgIpc) is 2.61. The topological polar surface area (TPSA) is 51.2 Å². The lowest BCUT2D eigenvalue weighted by atomic mass is 10.1. The minimum Gasteiger partial charge on any atom is -0.387 e. The van der Waals surface area contributed by atoms with Crippen LogP contribution in [0.3, 0.4) is 0 Å². The molecular formula is C6H8O4. The predicted octanol–water partition coefficient (Wildman–Crippen LogP) is -1.13. The largest absolute Gasteiger partial charge is 0.387 e. The van der Waals surface area contributed by atoms with Gasteiger partial charge in [0.05, 0.1) is 6.61 Å². The van der Waals surface area contributed by atoms with Crippen LogP contribution >= 0.6 is 0 Å². The molecule has 3 heterocycles. The number of epoxide rings is 1.